The number of benzene rings is 1. The molecule has 2 N–H and O–H groups in total. The molecule has 0 saturated heterocycles. The van der Waals surface area contributed by atoms with Crippen LogP contribution < -0.4 is 5.48 Å². The fraction of sp³-hybridized carbons (Fsp3) is 0.333. The molecule has 0 radical (unpaired) electrons. The number of aromatic hydroxyl groups is 1. The standard InChI is InChI=1S/C9H13NO4S/c1-14-10-6-7-4-3-5-8(11)9(7)15(2,12)13/h3-5,10-11H,6H2,1-2H3. The topological polar surface area (TPSA) is 75.6 Å². The van der Waals surface area contributed by atoms with E-state index in [4.69, 9.17) is 0 Å². The van der Waals surface area contributed by atoms with Crippen LogP contribution in [0.4, 0.5) is 0 Å². The number of rotatable bonds is 4. The number of hydroxylamine groups is 1. The fourth-order valence-corrected chi connectivity index (χ4v) is 2.35. The van der Waals surface area contributed by atoms with Gasteiger partial charge in [0.05, 0.1) is 7.11 Å². The van der Waals surface area contributed by atoms with E-state index in [2.05, 4.69) is 10.3 Å². The van der Waals surface area contributed by atoms with Gasteiger partial charge in [-0.1, -0.05) is 12.1 Å². The van der Waals surface area contributed by atoms with E-state index >= 15 is 0 Å². The normalized spacial score (nSPS) is 11.6. The third-order valence-electron chi connectivity index (χ3n) is 1.85. The van der Waals surface area contributed by atoms with Crippen LogP contribution in [0.25, 0.3) is 0 Å². The molecule has 1 aromatic rings. The van der Waals surface area contributed by atoms with Gasteiger partial charge in [0, 0.05) is 12.8 Å². The summed E-state index contributed by atoms with van der Waals surface area (Å²) in [4.78, 5) is 4.57. The van der Waals surface area contributed by atoms with Crippen molar-refractivity contribution in [2.24, 2.45) is 0 Å². The Bertz CT molecular complexity index is 441. The van der Waals surface area contributed by atoms with Gasteiger partial charge in [0.2, 0.25) is 0 Å². The number of phenols is 1. The summed E-state index contributed by atoms with van der Waals surface area (Å²) in [6.45, 7) is 0.216. The van der Waals surface area contributed by atoms with Crippen molar-refractivity contribution in [3.8, 4) is 5.75 Å². The van der Waals surface area contributed by atoms with E-state index in [9.17, 15) is 13.5 Å². The first-order valence-electron chi connectivity index (χ1n) is 4.23. The highest BCUT2D eigenvalue weighted by molar-refractivity contribution is 7.90. The van der Waals surface area contributed by atoms with Crippen LogP contribution in [-0.2, 0) is 21.2 Å². The average Bonchev–Trinajstić information content (AvgIpc) is 2.12. The van der Waals surface area contributed by atoms with Crippen molar-refractivity contribution in [1.29, 1.82) is 0 Å². The molecular formula is C9H13NO4S. The molecule has 5 nitrogen and oxygen atoms in total. The van der Waals surface area contributed by atoms with Crippen molar-refractivity contribution in [2.45, 2.75) is 11.4 Å². The maximum Gasteiger partial charge on any atom is 0.179 e. The molecule has 0 heterocycles. The number of nitrogens with one attached hydrogen (secondary N) is 1. The Labute approximate surface area is 88.6 Å². The molecule has 0 aliphatic rings. The van der Waals surface area contributed by atoms with Gasteiger partial charge in [0.25, 0.3) is 0 Å². The number of hydrogen-bond acceptors (Lipinski definition) is 5. The van der Waals surface area contributed by atoms with Crippen LogP contribution in [0.1, 0.15) is 5.56 Å². The van der Waals surface area contributed by atoms with E-state index in [0.29, 0.717) is 5.56 Å². The molecule has 0 aromatic heterocycles. The Morgan fingerprint density at radius 2 is 2.13 bits per heavy atom. The van der Waals surface area contributed by atoms with Gasteiger partial charge in [-0.3, -0.25) is 0 Å². The predicted molar refractivity (Wildman–Crippen MR) is 55.1 cm³/mol. The lowest BCUT2D eigenvalue weighted by Gasteiger charge is -2.09. The van der Waals surface area contributed by atoms with Crippen LogP contribution in [0, 0.1) is 0 Å². The van der Waals surface area contributed by atoms with Crippen molar-refractivity contribution < 1.29 is 18.4 Å². The van der Waals surface area contributed by atoms with Crippen LogP contribution in [-0.4, -0.2) is 26.9 Å². The van der Waals surface area contributed by atoms with Crippen molar-refractivity contribution in [2.75, 3.05) is 13.4 Å². The summed E-state index contributed by atoms with van der Waals surface area (Å²) in [6, 6.07) is 4.53. The lowest BCUT2D eigenvalue weighted by atomic mass is 10.2. The number of hydrogen-bond donors (Lipinski definition) is 2. The molecule has 0 atom stereocenters. The largest absolute Gasteiger partial charge is 0.507 e. The summed E-state index contributed by atoms with van der Waals surface area (Å²) >= 11 is 0. The summed E-state index contributed by atoms with van der Waals surface area (Å²) in [5, 5.41) is 9.48. The molecule has 0 saturated carbocycles. The van der Waals surface area contributed by atoms with Crippen molar-refractivity contribution in [1.82, 2.24) is 5.48 Å². The Balaban J connectivity index is 3.21. The Morgan fingerprint density at radius 3 is 2.67 bits per heavy atom. The van der Waals surface area contributed by atoms with E-state index in [1.165, 1.54) is 13.2 Å². The zero-order chi connectivity index (χ0) is 11.5. The molecule has 1 rings (SSSR count). The van der Waals surface area contributed by atoms with Gasteiger partial charge in [-0.25, -0.2) is 8.42 Å². The van der Waals surface area contributed by atoms with Gasteiger partial charge in [-0.05, 0) is 11.6 Å². The maximum atomic E-state index is 11.4. The van der Waals surface area contributed by atoms with Gasteiger partial charge in [-0.2, -0.15) is 5.48 Å². The highest BCUT2D eigenvalue weighted by Gasteiger charge is 2.17. The summed E-state index contributed by atoms with van der Waals surface area (Å²) in [5.41, 5.74) is 3.00. The van der Waals surface area contributed by atoms with E-state index in [-0.39, 0.29) is 17.2 Å². The molecule has 0 amide bonds. The van der Waals surface area contributed by atoms with Crippen molar-refractivity contribution in [3.05, 3.63) is 23.8 Å². The summed E-state index contributed by atoms with van der Waals surface area (Å²) in [7, 11) is -2.01. The molecule has 0 unspecified atom stereocenters. The van der Waals surface area contributed by atoms with Crippen LogP contribution in [0.15, 0.2) is 23.1 Å². The minimum atomic E-state index is -3.44. The zero-order valence-electron chi connectivity index (χ0n) is 8.52. The summed E-state index contributed by atoms with van der Waals surface area (Å²) < 4.78 is 22.8. The van der Waals surface area contributed by atoms with Crippen LogP contribution >= 0.6 is 0 Å². The van der Waals surface area contributed by atoms with E-state index in [1.807, 2.05) is 0 Å². The van der Waals surface area contributed by atoms with Crippen molar-refractivity contribution >= 4 is 9.84 Å². The van der Waals surface area contributed by atoms with Crippen LogP contribution in [0.3, 0.4) is 0 Å². The van der Waals surface area contributed by atoms with E-state index in [1.54, 1.807) is 12.1 Å². The third kappa shape index (κ3) is 2.92. The van der Waals surface area contributed by atoms with Crippen LogP contribution in [0.5, 0.6) is 5.75 Å². The molecular weight excluding hydrogens is 218 g/mol. The lowest BCUT2D eigenvalue weighted by molar-refractivity contribution is 0.0861. The van der Waals surface area contributed by atoms with Gasteiger partial charge in [0.1, 0.15) is 10.6 Å². The average molecular weight is 231 g/mol. The fourth-order valence-electron chi connectivity index (χ4n) is 1.29. The molecule has 0 fully saturated rings. The predicted octanol–water partition coefficient (Wildman–Crippen LogP) is 0.447. The van der Waals surface area contributed by atoms with Gasteiger partial charge < -0.3 is 9.94 Å². The monoisotopic (exact) mass is 231 g/mol. The van der Waals surface area contributed by atoms with E-state index < -0.39 is 9.84 Å². The number of phenolic OH excluding ortho intramolecular Hbond substituents is 1. The van der Waals surface area contributed by atoms with Gasteiger partial charge >= 0.3 is 0 Å². The second-order valence-electron chi connectivity index (χ2n) is 3.06. The molecule has 0 spiro atoms. The Morgan fingerprint density at radius 1 is 1.47 bits per heavy atom. The first-order valence-corrected chi connectivity index (χ1v) is 6.12. The Hall–Kier alpha value is -1.11. The summed E-state index contributed by atoms with van der Waals surface area (Å²) in [6.07, 6.45) is 1.05. The minimum absolute atomic E-state index is 0.0606. The second kappa shape index (κ2) is 4.61. The molecule has 6 heteroatoms. The molecule has 0 aliphatic heterocycles. The molecule has 84 valence electrons. The molecule has 15 heavy (non-hydrogen) atoms. The van der Waals surface area contributed by atoms with Crippen molar-refractivity contribution in [3.63, 3.8) is 0 Å². The quantitative estimate of drug-likeness (QED) is 0.736. The minimum Gasteiger partial charge on any atom is -0.507 e. The summed E-state index contributed by atoms with van der Waals surface area (Å²) in [5.74, 6) is -0.243. The third-order valence-corrected chi connectivity index (χ3v) is 3.07. The lowest BCUT2D eigenvalue weighted by Crippen LogP contribution is -2.14. The smallest absolute Gasteiger partial charge is 0.179 e. The number of sulfone groups is 1. The first-order chi connectivity index (χ1) is 6.96. The molecule has 0 bridgehead atoms. The second-order valence-corrected chi connectivity index (χ2v) is 5.02. The highest BCUT2D eigenvalue weighted by atomic mass is 32.2. The molecule has 1 aromatic carbocycles. The van der Waals surface area contributed by atoms with Gasteiger partial charge in [0.15, 0.2) is 9.84 Å². The molecule has 0 aliphatic carbocycles. The Kier molecular flexibility index (Phi) is 3.67. The highest BCUT2D eigenvalue weighted by Crippen LogP contribution is 2.26. The SMILES string of the molecule is CONCc1cccc(O)c1S(C)(=O)=O. The van der Waals surface area contributed by atoms with E-state index in [0.717, 1.165) is 6.26 Å². The maximum absolute atomic E-state index is 11.4. The van der Waals surface area contributed by atoms with Gasteiger partial charge in [-0.15, -0.1) is 0 Å². The zero-order valence-corrected chi connectivity index (χ0v) is 9.34. The van der Waals surface area contributed by atoms with Crippen LogP contribution in [0.2, 0.25) is 0 Å². The first kappa shape index (κ1) is 12.0.